The zero-order chi connectivity index (χ0) is 26.0. The molecule has 12 heteroatoms. The number of nitrogens with one attached hydrogen (secondary N) is 2. The molecule has 1 aromatic carbocycles. The highest BCUT2D eigenvalue weighted by Gasteiger charge is 2.28. The zero-order valence-corrected chi connectivity index (χ0v) is 21.0. The zero-order valence-electron chi connectivity index (χ0n) is 21.0. The molecule has 1 saturated heterocycles. The summed E-state index contributed by atoms with van der Waals surface area (Å²) in [6.07, 6.45) is 2.30. The van der Waals surface area contributed by atoms with Crippen molar-refractivity contribution in [3.63, 3.8) is 0 Å². The molecule has 2 aliphatic heterocycles. The topological polar surface area (TPSA) is 156 Å². The Hall–Kier alpha value is -3.96. The molecule has 4 rings (SSSR count). The van der Waals surface area contributed by atoms with Crippen molar-refractivity contribution in [2.75, 3.05) is 35.7 Å². The number of nitrogens with zero attached hydrogens (tertiary/aromatic N) is 5. The average Bonchev–Trinajstić information content (AvgIpc) is 2.80. The Morgan fingerprint density at radius 3 is 2.69 bits per heavy atom. The SMILES string of the molecule is CN1C(=O)CCc2cc(Nc3nc(NC4CCCN(C(=O)OC(C)(C)C)C4)nnc3C(N)=O)ccc21. The lowest BCUT2D eigenvalue weighted by Crippen LogP contribution is -2.47. The van der Waals surface area contributed by atoms with Crippen LogP contribution >= 0.6 is 0 Å². The molecule has 0 bridgehead atoms. The van der Waals surface area contributed by atoms with Gasteiger partial charge < -0.3 is 30.9 Å². The van der Waals surface area contributed by atoms with Crippen LogP contribution in [0.15, 0.2) is 18.2 Å². The van der Waals surface area contributed by atoms with Gasteiger partial charge in [-0.2, -0.15) is 4.98 Å². The van der Waals surface area contributed by atoms with Gasteiger partial charge in [-0.1, -0.05) is 0 Å². The van der Waals surface area contributed by atoms with Crippen LogP contribution in [-0.2, 0) is 16.0 Å². The standard InChI is InChI=1S/C24H32N8O4/c1-24(2,3)36-23(35)32-11-5-6-16(13-32)27-22-28-21(19(20(25)34)29-30-22)26-15-8-9-17-14(12-15)7-10-18(33)31(17)4/h8-9,12,16H,5-7,10-11,13H2,1-4H3,(H2,25,34)(H2,26,27,28,30). The molecule has 3 amide bonds. The third-order valence-electron chi connectivity index (χ3n) is 6.01. The van der Waals surface area contributed by atoms with Crippen LogP contribution in [0.1, 0.15) is 56.1 Å². The lowest BCUT2D eigenvalue weighted by atomic mass is 10.0. The Bertz CT molecular complexity index is 1180. The predicted molar refractivity (Wildman–Crippen MR) is 134 cm³/mol. The number of benzene rings is 1. The van der Waals surface area contributed by atoms with E-state index in [2.05, 4.69) is 25.8 Å². The molecule has 3 heterocycles. The highest BCUT2D eigenvalue weighted by molar-refractivity contribution is 5.97. The molecule has 0 spiro atoms. The van der Waals surface area contributed by atoms with Gasteiger partial charge in [0.1, 0.15) is 5.60 Å². The molecule has 1 aromatic heterocycles. The number of piperidine rings is 1. The van der Waals surface area contributed by atoms with Crippen molar-refractivity contribution >= 4 is 41.0 Å². The van der Waals surface area contributed by atoms with Crippen molar-refractivity contribution in [1.29, 1.82) is 0 Å². The molecule has 1 atom stereocenters. The molecule has 4 N–H and O–H groups in total. The quantitative estimate of drug-likeness (QED) is 0.566. The van der Waals surface area contributed by atoms with Gasteiger partial charge in [-0.15, -0.1) is 10.2 Å². The van der Waals surface area contributed by atoms with Crippen LogP contribution in [-0.4, -0.2) is 69.8 Å². The number of carbonyl (C=O) groups excluding carboxylic acids is 3. The summed E-state index contributed by atoms with van der Waals surface area (Å²) in [5.41, 5.74) is 7.38. The van der Waals surface area contributed by atoms with E-state index >= 15 is 0 Å². The van der Waals surface area contributed by atoms with Gasteiger partial charge in [0.25, 0.3) is 5.91 Å². The van der Waals surface area contributed by atoms with Crippen molar-refractivity contribution in [3.05, 3.63) is 29.5 Å². The van der Waals surface area contributed by atoms with Gasteiger partial charge in [-0.3, -0.25) is 9.59 Å². The highest BCUT2D eigenvalue weighted by atomic mass is 16.6. The highest BCUT2D eigenvalue weighted by Crippen LogP contribution is 2.30. The maximum atomic E-state index is 12.5. The molecule has 192 valence electrons. The van der Waals surface area contributed by atoms with Crippen molar-refractivity contribution < 1.29 is 19.1 Å². The monoisotopic (exact) mass is 496 g/mol. The van der Waals surface area contributed by atoms with E-state index in [0.29, 0.717) is 31.6 Å². The normalized spacial score (nSPS) is 17.9. The van der Waals surface area contributed by atoms with Crippen LogP contribution in [0.5, 0.6) is 0 Å². The number of hydrogen-bond acceptors (Lipinski definition) is 9. The number of primary amides is 1. The second-order valence-electron chi connectivity index (χ2n) is 10.0. The van der Waals surface area contributed by atoms with Gasteiger partial charge in [0.2, 0.25) is 11.9 Å². The van der Waals surface area contributed by atoms with Crippen LogP contribution in [0.4, 0.5) is 27.9 Å². The number of likely N-dealkylation sites (tertiary alicyclic amines) is 1. The second kappa shape index (κ2) is 9.96. The molecule has 2 aromatic rings. The Kier molecular flexibility index (Phi) is 6.95. The summed E-state index contributed by atoms with van der Waals surface area (Å²) in [6, 6.07) is 5.45. The minimum Gasteiger partial charge on any atom is -0.444 e. The first-order valence-corrected chi connectivity index (χ1v) is 12.0. The van der Waals surface area contributed by atoms with E-state index in [-0.39, 0.29) is 35.5 Å². The first-order chi connectivity index (χ1) is 17.0. The van der Waals surface area contributed by atoms with E-state index in [9.17, 15) is 14.4 Å². The summed E-state index contributed by atoms with van der Waals surface area (Å²) in [4.78, 5) is 44.2. The number of amides is 3. The Morgan fingerprint density at radius 2 is 1.97 bits per heavy atom. The predicted octanol–water partition coefficient (Wildman–Crippen LogP) is 2.43. The molecule has 0 radical (unpaired) electrons. The Morgan fingerprint density at radius 1 is 1.19 bits per heavy atom. The van der Waals surface area contributed by atoms with Gasteiger partial charge >= 0.3 is 6.09 Å². The fourth-order valence-electron chi connectivity index (χ4n) is 4.28. The Balaban J connectivity index is 1.50. The van der Waals surface area contributed by atoms with Gasteiger partial charge in [0.15, 0.2) is 11.5 Å². The van der Waals surface area contributed by atoms with Gasteiger partial charge in [0.05, 0.1) is 0 Å². The number of fused-ring (bicyclic) bond motifs is 1. The average molecular weight is 497 g/mol. The Labute approximate surface area is 209 Å². The third kappa shape index (κ3) is 5.81. The van der Waals surface area contributed by atoms with Crippen LogP contribution in [0.3, 0.4) is 0 Å². The summed E-state index contributed by atoms with van der Waals surface area (Å²) in [5, 5.41) is 14.3. The summed E-state index contributed by atoms with van der Waals surface area (Å²) in [6.45, 7) is 6.53. The smallest absolute Gasteiger partial charge is 0.410 e. The second-order valence-corrected chi connectivity index (χ2v) is 10.0. The number of ether oxygens (including phenoxy) is 1. The van der Waals surface area contributed by atoms with Crippen LogP contribution in [0.2, 0.25) is 0 Å². The summed E-state index contributed by atoms with van der Waals surface area (Å²) in [7, 11) is 1.75. The van der Waals surface area contributed by atoms with Crippen LogP contribution < -0.4 is 21.3 Å². The number of aromatic nitrogens is 3. The first kappa shape index (κ1) is 25.1. The summed E-state index contributed by atoms with van der Waals surface area (Å²) < 4.78 is 5.49. The summed E-state index contributed by atoms with van der Waals surface area (Å²) in [5.74, 6) is -0.314. The number of nitrogens with two attached hydrogens (primary N) is 1. The van der Waals surface area contributed by atoms with E-state index in [4.69, 9.17) is 10.5 Å². The van der Waals surface area contributed by atoms with Crippen LogP contribution in [0.25, 0.3) is 0 Å². The molecule has 0 aliphatic carbocycles. The van der Waals surface area contributed by atoms with Crippen LogP contribution in [0, 0.1) is 0 Å². The van der Waals surface area contributed by atoms with Gasteiger partial charge in [-0.25, -0.2) is 4.79 Å². The first-order valence-electron chi connectivity index (χ1n) is 12.0. The van der Waals surface area contributed by atoms with Gasteiger partial charge in [0, 0.05) is 44.0 Å². The number of rotatable bonds is 5. The number of anilines is 4. The van der Waals surface area contributed by atoms with E-state index in [1.165, 1.54) is 0 Å². The van der Waals surface area contributed by atoms with Crippen molar-refractivity contribution in [3.8, 4) is 0 Å². The fourth-order valence-corrected chi connectivity index (χ4v) is 4.28. The maximum absolute atomic E-state index is 12.5. The molecule has 36 heavy (non-hydrogen) atoms. The summed E-state index contributed by atoms with van der Waals surface area (Å²) >= 11 is 0. The van der Waals surface area contributed by atoms with E-state index in [1.807, 2.05) is 32.9 Å². The minimum absolute atomic E-state index is 0.0721. The largest absolute Gasteiger partial charge is 0.444 e. The lowest BCUT2D eigenvalue weighted by Gasteiger charge is -2.34. The third-order valence-corrected chi connectivity index (χ3v) is 6.01. The molecule has 1 fully saturated rings. The minimum atomic E-state index is -0.763. The van der Waals surface area contributed by atoms with E-state index in [0.717, 1.165) is 24.1 Å². The molecule has 2 aliphatic rings. The van der Waals surface area contributed by atoms with E-state index in [1.54, 1.807) is 22.9 Å². The van der Waals surface area contributed by atoms with Crippen molar-refractivity contribution in [1.82, 2.24) is 20.1 Å². The molecule has 0 saturated carbocycles. The lowest BCUT2D eigenvalue weighted by molar-refractivity contribution is -0.118. The molecule has 12 nitrogen and oxygen atoms in total. The number of aryl methyl sites for hydroxylation is 1. The molecular weight excluding hydrogens is 464 g/mol. The number of hydrogen-bond donors (Lipinski definition) is 3. The van der Waals surface area contributed by atoms with E-state index < -0.39 is 11.5 Å². The molecule has 1 unspecified atom stereocenters. The molecular formula is C24H32N8O4. The fraction of sp³-hybridized carbons (Fsp3) is 0.500. The number of carbonyl (C=O) groups is 3. The van der Waals surface area contributed by atoms with Crippen molar-refractivity contribution in [2.24, 2.45) is 5.73 Å². The maximum Gasteiger partial charge on any atom is 0.410 e. The van der Waals surface area contributed by atoms with Crippen molar-refractivity contribution in [2.45, 2.75) is 58.1 Å². The van der Waals surface area contributed by atoms with Gasteiger partial charge in [-0.05, 0) is 63.8 Å².